The summed E-state index contributed by atoms with van der Waals surface area (Å²) < 4.78 is 0. The molecular formula is C11H22N2S. The summed E-state index contributed by atoms with van der Waals surface area (Å²) in [7, 11) is 0. The maximum absolute atomic E-state index is 5.89. The lowest BCUT2D eigenvalue weighted by Crippen LogP contribution is -2.34. The Hall–Kier alpha value is 0.270. The molecule has 2 aliphatic rings. The number of rotatable bonds is 3. The minimum Gasteiger partial charge on any atom is -0.328 e. The van der Waals surface area contributed by atoms with Crippen LogP contribution in [-0.4, -0.2) is 23.7 Å². The highest BCUT2D eigenvalue weighted by Gasteiger charge is 2.20. The number of nitrogens with two attached hydrogens (primary N) is 1. The van der Waals surface area contributed by atoms with Crippen LogP contribution in [0.1, 0.15) is 38.5 Å². The van der Waals surface area contributed by atoms with Gasteiger partial charge in [-0.3, -0.25) is 0 Å². The zero-order valence-electron chi connectivity index (χ0n) is 8.87. The Morgan fingerprint density at radius 3 is 2.57 bits per heavy atom. The molecule has 0 aromatic rings. The van der Waals surface area contributed by atoms with Gasteiger partial charge in [-0.25, -0.2) is 0 Å². The third kappa shape index (κ3) is 3.14. The zero-order valence-corrected chi connectivity index (χ0v) is 9.69. The van der Waals surface area contributed by atoms with E-state index in [-0.39, 0.29) is 0 Å². The van der Waals surface area contributed by atoms with E-state index < -0.39 is 0 Å². The van der Waals surface area contributed by atoms with Gasteiger partial charge in [0.15, 0.2) is 0 Å². The van der Waals surface area contributed by atoms with E-state index in [1.54, 1.807) is 0 Å². The van der Waals surface area contributed by atoms with Gasteiger partial charge < -0.3 is 11.1 Å². The molecule has 1 aliphatic carbocycles. The molecule has 0 radical (unpaired) electrons. The fraction of sp³-hybridized carbons (Fsp3) is 1.00. The van der Waals surface area contributed by atoms with Crippen molar-refractivity contribution in [3.8, 4) is 0 Å². The Kier molecular flexibility index (Phi) is 4.14. The molecule has 2 fully saturated rings. The maximum Gasteiger partial charge on any atom is 0.0532 e. The van der Waals surface area contributed by atoms with E-state index in [0.717, 1.165) is 11.3 Å². The number of nitrogens with one attached hydrogen (secondary N) is 1. The largest absolute Gasteiger partial charge is 0.328 e. The van der Waals surface area contributed by atoms with Crippen molar-refractivity contribution in [2.75, 3.05) is 12.3 Å². The Bertz CT molecular complexity index is 161. The smallest absolute Gasteiger partial charge is 0.0532 e. The van der Waals surface area contributed by atoms with E-state index in [0.29, 0.717) is 6.04 Å². The van der Waals surface area contributed by atoms with Crippen LogP contribution in [0.5, 0.6) is 0 Å². The summed E-state index contributed by atoms with van der Waals surface area (Å²) >= 11 is 2.10. The molecule has 1 atom stereocenters. The molecule has 1 unspecified atom stereocenters. The van der Waals surface area contributed by atoms with Gasteiger partial charge in [-0.1, -0.05) is 0 Å². The zero-order chi connectivity index (χ0) is 9.80. The Morgan fingerprint density at radius 1 is 1.14 bits per heavy atom. The van der Waals surface area contributed by atoms with Gasteiger partial charge in [-0.05, 0) is 56.7 Å². The van der Waals surface area contributed by atoms with Crippen molar-refractivity contribution >= 4 is 11.8 Å². The van der Waals surface area contributed by atoms with Crippen LogP contribution in [0.2, 0.25) is 0 Å². The van der Waals surface area contributed by atoms with Crippen molar-refractivity contribution < 1.29 is 0 Å². The molecule has 0 spiro atoms. The van der Waals surface area contributed by atoms with Gasteiger partial charge in [0.1, 0.15) is 0 Å². The molecule has 3 N–H and O–H groups in total. The second-order valence-electron chi connectivity index (χ2n) is 4.69. The summed E-state index contributed by atoms with van der Waals surface area (Å²) in [6.07, 6.45) is 7.93. The molecule has 1 saturated heterocycles. The van der Waals surface area contributed by atoms with Gasteiger partial charge in [0.25, 0.3) is 0 Å². The maximum atomic E-state index is 5.89. The molecule has 0 aromatic carbocycles. The predicted octanol–water partition coefficient (Wildman–Crippen LogP) is 1.95. The molecule has 14 heavy (non-hydrogen) atoms. The van der Waals surface area contributed by atoms with E-state index in [1.807, 2.05) is 0 Å². The van der Waals surface area contributed by atoms with Crippen LogP contribution in [0, 0.1) is 5.92 Å². The molecule has 0 bridgehead atoms. The van der Waals surface area contributed by atoms with Crippen LogP contribution >= 0.6 is 11.8 Å². The first kappa shape index (κ1) is 10.8. The standard InChI is InChI=1S/C11H22N2S/c12-10-5-3-9(4-6-10)8-13-11-2-1-7-14-11/h9-11,13H,1-8,12H2. The lowest BCUT2D eigenvalue weighted by atomic mass is 9.86. The van der Waals surface area contributed by atoms with Crippen molar-refractivity contribution in [1.29, 1.82) is 0 Å². The lowest BCUT2D eigenvalue weighted by Gasteiger charge is -2.27. The first-order chi connectivity index (χ1) is 6.84. The Balaban J connectivity index is 1.60. The molecule has 2 nitrogen and oxygen atoms in total. The Labute approximate surface area is 91.4 Å². The summed E-state index contributed by atoms with van der Waals surface area (Å²) in [6, 6.07) is 0.493. The third-order valence-corrected chi connectivity index (χ3v) is 4.78. The average Bonchev–Trinajstić information content (AvgIpc) is 2.70. The van der Waals surface area contributed by atoms with Crippen molar-refractivity contribution in [2.24, 2.45) is 11.7 Å². The van der Waals surface area contributed by atoms with Crippen molar-refractivity contribution in [2.45, 2.75) is 49.9 Å². The van der Waals surface area contributed by atoms with Crippen LogP contribution < -0.4 is 11.1 Å². The topological polar surface area (TPSA) is 38.0 Å². The van der Waals surface area contributed by atoms with Crippen LogP contribution in [0.15, 0.2) is 0 Å². The molecule has 2 rings (SSSR count). The molecule has 0 amide bonds. The summed E-state index contributed by atoms with van der Waals surface area (Å²) in [5, 5.41) is 4.44. The quantitative estimate of drug-likeness (QED) is 0.754. The number of hydrogen-bond acceptors (Lipinski definition) is 3. The molecular weight excluding hydrogens is 192 g/mol. The van der Waals surface area contributed by atoms with Crippen LogP contribution in [-0.2, 0) is 0 Å². The van der Waals surface area contributed by atoms with E-state index >= 15 is 0 Å². The molecule has 1 aliphatic heterocycles. The van der Waals surface area contributed by atoms with Crippen LogP contribution in [0.4, 0.5) is 0 Å². The van der Waals surface area contributed by atoms with E-state index in [4.69, 9.17) is 5.73 Å². The molecule has 0 aromatic heterocycles. The average molecular weight is 214 g/mol. The first-order valence-corrected chi connectivity index (χ1v) is 7.00. The number of thioether (sulfide) groups is 1. The van der Waals surface area contributed by atoms with E-state index in [1.165, 1.54) is 50.8 Å². The molecule has 1 heterocycles. The van der Waals surface area contributed by atoms with Gasteiger partial charge in [0, 0.05) is 6.04 Å². The highest BCUT2D eigenvalue weighted by Crippen LogP contribution is 2.26. The van der Waals surface area contributed by atoms with Gasteiger partial charge >= 0.3 is 0 Å². The second kappa shape index (κ2) is 5.38. The minimum absolute atomic E-state index is 0.493. The van der Waals surface area contributed by atoms with E-state index in [2.05, 4.69) is 17.1 Å². The highest BCUT2D eigenvalue weighted by molar-refractivity contribution is 8.00. The second-order valence-corrected chi connectivity index (χ2v) is 6.00. The highest BCUT2D eigenvalue weighted by atomic mass is 32.2. The first-order valence-electron chi connectivity index (χ1n) is 5.95. The fourth-order valence-corrected chi connectivity index (χ4v) is 3.59. The SMILES string of the molecule is NC1CCC(CNC2CCCS2)CC1. The van der Waals surface area contributed by atoms with Crippen molar-refractivity contribution in [1.82, 2.24) is 5.32 Å². The van der Waals surface area contributed by atoms with Crippen molar-refractivity contribution in [3.05, 3.63) is 0 Å². The summed E-state index contributed by atoms with van der Waals surface area (Å²) in [4.78, 5) is 0. The molecule has 82 valence electrons. The van der Waals surface area contributed by atoms with Crippen LogP contribution in [0.3, 0.4) is 0 Å². The van der Waals surface area contributed by atoms with Gasteiger partial charge in [-0.2, -0.15) is 0 Å². The Morgan fingerprint density at radius 2 is 1.93 bits per heavy atom. The van der Waals surface area contributed by atoms with E-state index in [9.17, 15) is 0 Å². The summed E-state index contributed by atoms with van der Waals surface area (Å²) in [6.45, 7) is 1.23. The molecule has 1 saturated carbocycles. The summed E-state index contributed by atoms with van der Waals surface area (Å²) in [5.74, 6) is 2.25. The summed E-state index contributed by atoms with van der Waals surface area (Å²) in [5.41, 5.74) is 5.89. The molecule has 3 heteroatoms. The van der Waals surface area contributed by atoms with Crippen LogP contribution in [0.25, 0.3) is 0 Å². The van der Waals surface area contributed by atoms with Gasteiger partial charge in [0.05, 0.1) is 5.37 Å². The monoisotopic (exact) mass is 214 g/mol. The minimum atomic E-state index is 0.493. The predicted molar refractivity (Wildman–Crippen MR) is 63.4 cm³/mol. The number of hydrogen-bond donors (Lipinski definition) is 2. The normalized spacial score (nSPS) is 38.8. The van der Waals surface area contributed by atoms with Crippen molar-refractivity contribution in [3.63, 3.8) is 0 Å². The van der Waals surface area contributed by atoms with Gasteiger partial charge in [-0.15, -0.1) is 11.8 Å². The van der Waals surface area contributed by atoms with Gasteiger partial charge in [0.2, 0.25) is 0 Å². The third-order valence-electron chi connectivity index (χ3n) is 3.46. The fourth-order valence-electron chi connectivity index (χ4n) is 2.43. The lowest BCUT2D eigenvalue weighted by molar-refractivity contribution is 0.312.